The number of aliphatic carboxylic acids is 1. The van der Waals surface area contributed by atoms with Crippen molar-refractivity contribution in [1.82, 2.24) is 0 Å². The predicted molar refractivity (Wildman–Crippen MR) is 78.3 cm³/mol. The first kappa shape index (κ1) is 20.3. The first-order valence-corrected chi connectivity index (χ1v) is 7.24. The molecule has 0 saturated heterocycles. The minimum Gasteiger partial charge on any atom is -0.481 e. The van der Waals surface area contributed by atoms with Gasteiger partial charge < -0.3 is 5.11 Å². The number of carboxylic acid groups (broad SMARTS) is 1. The highest BCUT2D eigenvalue weighted by atomic mass is 17.3. The zero-order valence-electron chi connectivity index (χ0n) is 14.5. The molecule has 126 valence electrons. The third kappa shape index (κ3) is 9.79. The van der Waals surface area contributed by atoms with E-state index in [1.807, 2.05) is 41.5 Å². The molecule has 0 spiro atoms. The Kier molecular flexibility index (Phi) is 7.29. The van der Waals surface area contributed by atoms with Crippen LogP contribution in [0.1, 0.15) is 68.2 Å². The second-order valence-electron chi connectivity index (χ2n) is 7.34. The molecule has 0 bridgehead atoms. The summed E-state index contributed by atoms with van der Waals surface area (Å²) in [6, 6.07) is 0. The molecule has 0 radical (unpaired) electrons. The Balaban J connectivity index is 4.92. The summed E-state index contributed by atoms with van der Waals surface area (Å²) in [5.41, 5.74) is -1.09. The van der Waals surface area contributed by atoms with Gasteiger partial charge in [-0.1, -0.05) is 6.92 Å². The van der Waals surface area contributed by atoms with E-state index in [1.54, 1.807) is 13.8 Å². The van der Waals surface area contributed by atoms with Gasteiger partial charge in [0.25, 0.3) is 0 Å². The fourth-order valence-electron chi connectivity index (χ4n) is 1.36. The largest absolute Gasteiger partial charge is 0.481 e. The number of rotatable bonds is 8. The van der Waals surface area contributed by atoms with Crippen molar-refractivity contribution < 1.29 is 29.5 Å². The van der Waals surface area contributed by atoms with Gasteiger partial charge >= 0.3 is 5.97 Å². The fourth-order valence-corrected chi connectivity index (χ4v) is 1.36. The van der Waals surface area contributed by atoms with Gasteiger partial charge in [0.1, 0.15) is 0 Å². The van der Waals surface area contributed by atoms with Gasteiger partial charge in [0.15, 0.2) is 0 Å². The van der Waals surface area contributed by atoms with Gasteiger partial charge in [-0.2, -0.15) is 9.78 Å². The molecule has 0 saturated carbocycles. The van der Waals surface area contributed by atoms with Crippen molar-refractivity contribution in [2.75, 3.05) is 0 Å². The molecule has 6 nitrogen and oxygen atoms in total. The third-order valence-corrected chi connectivity index (χ3v) is 2.40. The van der Waals surface area contributed by atoms with Crippen LogP contribution in [-0.2, 0) is 24.3 Å². The molecule has 1 unspecified atom stereocenters. The van der Waals surface area contributed by atoms with E-state index in [1.165, 1.54) is 0 Å². The van der Waals surface area contributed by atoms with Gasteiger partial charge in [-0.25, -0.2) is 9.78 Å². The monoisotopic (exact) mass is 306 g/mol. The smallest absolute Gasteiger partial charge is 0.306 e. The molecule has 0 heterocycles. The maximum atomic E-state index is 11.2. The van der Waals surface area contributed by atoms with Gasteiger partial charge in [0, 0.05) is 6.42 Å². The SMILES string of the molecule is CCC(CC(C)(OOC(C)(C)C)OOC(C)(C)C)C(=O)O. The Labute approximate surface area is 127 Å². The average Bonchev–Trinajstić information content (AvgIpc) is 2.29. The van der Waals surface area contributed by atoms with E-state index in [4.69, 9.17) is 19.6 Å². The molecule has 0 aliphatic heterocycles. The lowest BCUT2D eigenvalue weighted by Gasteiger charge is -2.34. The highest BCUT2D eigenvalue weighted by Gasteiger charge is 2.38. The van der Waals surface area contributed by atoms with Crippen LogP contribution >= 0.6 is 0 Å². The van der Waals surface area contributed by atoms with Crippen LogP contribution in [0.5, 0.6) is 0 Å². The summed E-state index contributed by atoms with van der Waals surface area (Å²) in [5, 5.41) is 9.20. The molecule has 0 aromatic rings. The predicted octanol–water partition coefficient (Wildman–Crippen LogP) is 3.70. The first-order valence-electron chi connectivity index (χ1n) is 7.24. The maximum Gasteiger partial charge on any atom is 0.306 e. The Morgan fingerprint density at radius 1 is 0.905 bits per heavy atom. The van der Waals surface area contributed by atoms with Gasteiger partial charge in [-0.3, -0.25) is 4.79 Å². The van der Waals surface area contributed by atoms with Crippen molar-refractivity contribution in [3.8, 4) is 0 Å². The second-order valence-corrected chi connectivity index (χ2v) is 7.34. The van der Waals surface area contributed by atoms with Crippen LogP contribution in [0.15, 0.2) is 0 Å². The van der Waals surface area contributed by atoms with E-state index < -0.39 is 28.9 Å². The topological polar surface area (TPSA) is 74.2 Å². The van der Waals surface area contributed by atoms with Gasteiger partial charge in [-0.15, -0.1) is 0 Å². The highest BCUT2D eigenvalue weighted by Crippen LogP contribution is 2.29. The summed E-state index contributed by atoms with van der Waals surface area (Å²) in [5.74, 6) is -2.82. The molecule has 6 heteroatoms. The van der Waals surface area contributed by atoms with Crippen LogP contribution in [0.2, 0.25) is 0 Å². The summed E-state index contributed by atoms with van der Waals surface area (Å²) in [6.07, 6.45) is 0.577. The first-order chi connectivity index (χ1) is 9.28. The number of carboxylic acids is 1. The molecular weight excluding hydrogens is 276 g/mol. The molecule has 0 aromatic heterocycles. The van der Waals surface area contributed by atoms with Crippen molar-refractivity contribution >= 4 is 5.97 Å². The van der Waals surface area contributed by atoms with E-state index in [2.05, 4.69) is 0 Å². The van der Waals surface area contributed by atoms with Crippen LogP contribution in [0.25, 0.3) is 0 Å². The summed E-state index contributed by atoms with van der Waals surface area (Å²) < 4.78 is 0. The minimum atomic E-state index is -1.31. The standard InChI is InChI=1S/C15H30O6/c1-9-11(12(16)17)10-15(8,20-18-13(2,3)4)21-19-14(5,6)7/h11H,9-10H2,1-8H3,(H,16,17). The number of carbonyl (C=O) groups is 1. The van der Waals surface area contributed by atoms with Gasteiger partial charge in [-0.05, 0) is 54.9 Å². The van der Waals surface area contributed by atoms with Crippen LogP contribution < -0.4 is 0 Å². The van der Waals surface area contributed by atoms with Crippen molar-refractivity contribution in [1.29, 1.82) is 0 Å². The van der Waals surface area contributed by atoms with Crippen molar-refractivity contribution in [3.05, 3.63) is 0 Å². The van der Waals surface area contributed by atoms with Gasteiger partial charge in [0.2, 0.25) is 5.79 Å². The van der Waals surface area contributed by atoms with Crippen molar-refractivity contribution in [2.24, 2.45) is 5.92 Å². The van der Waals surface area contributed by atoms with Crippen LogP contribution in [0.3, 0.4) is 0 Å². The average molecular weight is 306 g/mol. The highest BCUT2D eigenvalue weighted by molar-refractivity contribution is 5.69. The summed E-state index contributed by atoms with van der Waals surface area (Å²) in [6.45, 7) is 14.4. The molecule has 0 amide bonds. The quantitative estimate of drug-likeness (QED) is 0.419. The third-order valence-electron chi connectivity index (χ3n) is 2.40. The van der Waals surface area contributed by atoms with Crippen molar-refractivity contribution in [2.45, 2.75) is 85.2 Å². The van der Waals surface area contributed by atoms with E-state index in [9.17, 15) is 9.90 Å². The lowest BCUT2D eigenvalue weighted by atomic mass is 9.98. The zero-order valence-corrected chi connectivity index (χ0v) is 14.5. The Morgan fingerprint density at radius 2 is 1.29 bits per heavy atom. The minimum absolute atomic E-state index is 0.116. The van der Waals surface area contributed by atoms with E-state index in [0.29, 0.717) is 6.42 Å². The Hall–Kier alpha value is -0.690. The molecular formula is C15H30O6. The molecule has 0 aromatic carbocycles. The summed E-state index contributed by atoms with van der Waals surface area (Å²) >= 11 is 0. The summed E-state index contributed by atoms with van der Waals surface area (Å²) in [7, 11) is 0. The maximum absolute atomic E-state index is 11.2. The Morgan fingerprint density at radius 3 is 1.52 bits per heavy atom. The van der Waals surface area contributed by atoms with E-state index >= 15 is 0 Å². The molecule has 1 N–H and O–H groups in total. The van der Waals surface area contributed by atoms with Crippen LogP contribution in [-0.4, -0.2) is 28.1 Å². The lowest BCUT2D eigenvalue weighted by molar-refractivity contribution is -0.538. The lowest BCUT2D eigenvalue weighted by Crippen LogP contribution is -2.41. The van der Waals surface area contributed by atoms with Gasteiger partial charge in [0.05, 0.1) is 17.1 Å². The fraction of sp³-hybridized carbons (Fsp3) is 0.933. The van der Waals surface area contributed by atoms with E-state index in [-0.39, 0.29) is 6.42 Å². The van der Waals surface area contributed by atoms with Crippen LogP contribution in [0.4, 0.5) is 0 Å². The molecule has 1 atom stereocenters. The molecule has 0 rings (SSSR count). The summed E-state index contributed by atoms with van der Waals surface area (Å²) in [4.78, 5) is 32.5. The van der Waals surface area contributed by atoms with Crippen molar-refractivity contribution in [3.63, 3.8) is 0 Å². The zero-order chi connectivity index (χ0) is 16.9. The second kappa shape index (κ2) is 7.54. The molecule has 21 heavy (non-hydrogen) atoms. The molecule has 0 aliphatic rings. The Bertz CT molecular complexity index is 308. The van der Waals surface area contributed by atoms with E-state index in [0.717, 1.165) is 0 Å². The molecule has 0 fully saturated rings. The molecule has 0 aliphatic carbocycles. The number of hydrogen-bond acceptors (Lipinski definition) is 5. The van der Waals surface area contributed by atoms with Crippen LogP contribution in [0, 0.1) is 5.92 Å². The number of hydrogen-bond donors (Lipinski definition) is 1. The normalized spacial score (nSPS) is 15.0.